The zero-order chi connectivity index (χ0) is 31.0. The van der Waals surface area contributed by atoms with Gasteiger partial charge in [-0.1, -0.05) is 72.3 Å². The quantitative estimate of drug-likeness (QED) is 0.193. The highest BCUT2D eigenvalue weighted by Gasteiger charge is 2.46. The summed E-state index contributed by atoms with van der Waals surface area (Å²) in [6.45, 7) is 19.9. The van der Waals surface area contributed by atoms with Crippen LogP contribution in [0.4, 0.5) is 0 Å². The van der Waals surface area contributed by atoms with E-state index in [0.29, 0.717) is 12.8 Å². The van der Waals surface area contributed by atoms with Crippen molar-refractivity contribution in [2.24, 2.45) is 17.3 Å². The van der Waals surface area contributed by atoms with E-state index in [1.165, 1.54) is 0 Å². The number of carbonyl (C=O) groups is 2. The van der Waals surface area contributed by atoms with Gasteiger partial charge >= 0.3 is 5.97 Å². The monoisotopic (exact) mass is 603 g/mol. The van der Waals surface area contributed by atoms with Gasteiger partial charge in [0.05, 0.1) is 29.3 Å². The molecule has 0 spiro atoms. The maximum absolute atomic E-state index is 14.0. The number of cyclic esters (lactones) is 1. The predicted octanol–water partition coefficient (Wildman–Crippen LogP) is 8.07. The number of ketones is 1. The molecule has 0 amide bonds. The number of aryl methyl sites for hydroxylation is 1. The highest BCUT2D eigenvalue weighted by atomic mass is 32.1. The number of rotatable bonds is 7. The topological polar surface area (TPSA) is 85.7 Å². The molecule has 41 heavy (non-hydrogen) atoms. The number of aliphatic hydroxyl groups is 1. The second-order valence-electron chi connectivity index (χ2n) is 12.4. The first kappa shape index (κ1) is 35.3. The van der Waals surface area contributed by atoms with E-state index in [9.17, 15) is 14.7 Å². The number of nitrogens with zero attached hydrogens (tertiary/aromatic N) is 1. The molecule has 2 rings (SSSR count). The minimum Gasteiger partial charge on any atom is -0.457 e. The lowest BCUT2D eigenvalue weighted by atomic mass is 9.73. The van der Waals surface area contributed by atoms with Gasteiger partial charge in [-0.05, 0) is 57.0 Å². The van der Waals surface area contributed by atoms with Crippen LogP contribution >= 0.6 is 11.3 Å². The van der Waals surface area contributed by atoms with Crippen molar-refractivity contribution in [1.82, 2.24) is 4.98 Å². The summed E-state index contributed by atoms with van der Waals surface area (Å²) in [6, 6.07) is 2.70. The average Bonchev–Trinajstić information content (AvgIpc) is 3.35. The van der Waals surface area contributed by atoms with Crippen molar-refractivity contribution in [3.8, 4) is 0 Å². The van der Waals surface area contributed by atoms with Crippen LogP contribution in [0.3, 0.4) is 0 Å². The molecule has 0 bridgehead atoms. The van der Waals surface area contributed by atoms with Gasteiger partial charge in [0.15, 0.2) is 8.32 Å². The van der Waals surface area contributed by atoms with E-state index in [1.807, 2.05) is 58.2 Å². The molecule has 0 fully saturated rings. The molecule has 0 saturated carbocycles. The molecule has 230 valence electrons. The number of ether oxygens (including phenoxy) is 1. The standard InChI is InChI=1S/C33H53NO5SSi/c1-11-41(12-2,13-3)39-29-20-30(35)38-28(24(6)19-27-21-40-26(8)34-27)18-17-22(4)15-14-16-23(5)31(36)25(7)32(37)33(29,9)10/h14,16-17,19,21,23,25,28-29,31,36H,11-13,15,18,20H2,1-10H3/b16-14+,22-17-,24-19+/t23-,25+,28?,29-,31-/m0/s1. The molecular formula is C33H53NO5SSi. The van der Waals surface area contributed by atoms with Gasteiger partial charge in [0.25, 0.3) is 0 Å². The van der Waals surface area contributed by atoms with Crippen LogP contribution in [0, 0.1) is 24.2 Å². The van der Waals surface area contributed by atoms with Crippen LogP contribution in [0.15, 0.2) is 34.8 Å². The van der Waals surface area contributed by atoms with Gasteiger partial charge in [0, 0.05) is 29.1 Å². The highest BCUT2D eigenvalue weighted by molar-refractivity contribution is 7.09. The Labute approximate surface area is 253 Å². The fourth-order valence-corrected chi connectivity index (χ4v) is 9.09. The van der Waals surface area contributed by atoms with Gasteiger partial charge < -0.3 is 14.3 Å². The number of carbonyl (C=O) groups excluding carboxylic acids is 2. The van der Waals surface area contributed by atoms with E-state index in [1.54, 1.807) is 18.3 Å². The number of hydrogen-bond donors (Lipinski definition) is 1. The molecule has 1 aliphatic rings. The first-order valence-corrected chi connectivity index (χ1v) is 18.6. The number of aliphatic hydroxyl groups excluding tert-OH is 1. The molecule has 0 saturated heterocycles. The van der Waals surface area contributed by atoms with Crippen LogP contribution < -0.4 is 0 Å². The molecule has 0 aromatic carbocycles. The van der Waals surface area contributed by atoms with Crippen molar-refractivity contribution in [3.05, 3.63) is 45.5 Å². The third-order valence-corrected chi connectivity index (χ3v) is 14.4. The van der Waals surface area contributed by atoms with Crippen LogP contribution in [0.25, 0.3) is 6.08 Å². The number of allylic oxidation sites excluding steroid dienone is 2. The van der Waals surface area contributed by atoms with Crippen molar-refractivity contribution in [2.75, 3.05) is 0 Å². The summed E-state index contributed by atoms with van der Waals surface area (Å²) in [6.07, 6.45) is 7.44. The third kappa shape index (κ3) is 9.57. The van der Waals surface area contributed by atoms with Gasteiger partial charge in [-0.25, -0.2) is 4.98 Å². The zero-order valence-electron chi connectivity index (χ0n) is 27.0. The van der Waals surface area contributed by atoms with E-state index >= 15 is 0 Å². The maximum Gasteiger partial charge on any atom is 0.309 e. The van der Waals surface area contributed by atoms with Crippen molar-refractivity contribution >= 4 is 37.5 Å². The summed E-state index contributed by atoms with van der Waals surface area (Å²) < 4.78 is 13.1. The van der Waals surface area contributed by atoms with Crippen LogP contribution in [-0.4, -0.2) is 48.5 Å². The lowest BCUT2D eigenvalue weighted by molar-refractivity contribution is -0.153. The van der Waals surface area contributed by atoms with Crippen LogP contribution in [0.2, 0.25) is 18.1 Å². The Balaban J connectivity index is 2.56. The Kier molecular flexibility index (Phi) is 13.4. The zero-order valence-corrected chi connectivity index (χ0v) is 28.8. The average molecular weight is 604 g/mol. The second kappa shape index (κ2) is 15.6. The van der Waals surface area contributed by atoms with Crippen LogP contribution in [-0.2, 0) is 18.8 Å². The van der Waals surface area contributed by atoms with Crippen molar-refractivity contribution < 1.29 is 23.9 Å². The van der Waals surface area contributed by atoms with Gasteiger partial charge in [-0.2, -0.15) is 0 Å². The Hall–Kier alpha value is -1.87. The summed E-state index contributed by atoms with van der Waals surface area (Å²) in [4.78, 5) is 32.2. The largest absolute Gasteiger partial charge is 0.457 e. The lowest BCUT2D eigenvalue weighted by Crippen LogP contribution is -2.51. The fourth-order valence-electron chi connectivity index (χ4n) is 5.53. The molecule has 1 aromatic rings. The van der Waals surface area contributed by atoms with Crippen molar-refractivity contribution in [3.63, 3.8) is 0 Å². The third-order valence-electron chi connectivity index (χ3n) is 8.94. The predicted molar refractivity (Wildman–Crippen MR) is 172 cm³/mol. The van der Waals surface area contributed by atoms with Crippen molar-refractivity contribution in [2.45, 2.75) is 125 Å². The Morgan fingerprint density at radius 3 is 2.39 bits per heavy atom. The molecular weight excluding hydrogens is 551 g/mol. The molecule has 0 radical (unpaired) electrons. The van der Waals surface area contributed by atoms with Crippen molar-refractivity contribution in [1.29, 1.82) is 0 Å². The van der Waals surface area contributed by atoms with Gasteiger partial charge in [0.2, 0.25) is 0 Å². The first-order chi connectivity index (χ1) is 19.2. The number of thiazole rings is 1. The summed E-state index contributed by atoms with van der Waals surface area (Å²) in [5.74, 6) is -1.28. The van der Waals surface area contributed by atoms with E-state index < -0.39 is 38.0 Å². The highest BCUT2D eigenvalue weighted by Crippen LogP contribution is 2.37. The van der Waals surface area contributed by atoms with Crippen LogP contribution in [0.5, 0.6) is 0 Å². The SMILES string of the molecule is CC[Si](CC)(CC)O[C@H]1CC(=O)OC(/C(C)=C/c2csc(C)n2)C/C=C(/C)C/C=C/[C@H](C)[C@H](O)[C@@H](C)C(=O)C1(C)C. The molecule has 1 N–H and O–H groups in total. The Morgan fingerprint density at radius 1 is 1.20 bits per heavy atom. The molecule has 2 heterocycles. The maximum atomic E-state index is 14.0. The molecule has 8 heteroatoms. The summed E-state index contributed by atoms with van der Waals surface area (Å²) in [5, 5.41) is 14.1. The number of hydrogen-bond acceptors (Lipinski definition) is 7. The Morgan fingerprint density at radius 2 is 1.83 bits per heavy atom. The van der Waals surface area contributed by atoms with Gasteiger partial charge in [-0.3, -0.25) is 9.59 Å². The van der Waals surface area contributed by atoms with Crippen LogP contribution in [0.1, 0.15) is 92.3 Å². The summed E-state index contributed by atoms with van der Waals surface area (Å²) in [7, 11) is -2.19. The fraction of sp³-hybridized carbons (Fsp3) is 0.667. The number of Topliss-reactive ketones (excluding diaryl/α,β-unsaturated/α-hetero) is 1. The van der Waals surface area contributed by atoms with Gasteiger partial charge in [0.1, 0.15) is 11.9 Å². The van der Waals surface area contributed by atoms with E-state index in [2.05, 4.69) is 38.8 Å². The van der Waals surface area contributed by atoms with E-state index in [4.69, 9.17) is 9.16 Å². The number of esters is 1. The lowest BCUT2D eigenvalue weighted by Gasteiger charge is -2.42. The molecule has 1 aromatic heterocycles. The molecule has 1 unspecified atom stereocenters. The molecule has 5 atom stereocenters. The molecule has 0 aliphatic carbocycles. The van der Waals surface area contributed by atoms with E-state index in [-0.39, 0.29) is 24.1 Å². The minimum absolute atomic E-state index is 0.0198. The molecule has 1 aliphatic heterocycles. The Bertz CT molecular complexity index is 1110. The summed E-state index contributed by atoms with van der Waals surface area (Å²) in [5.41, 5.74) is 1.93. The second-order valence-corrected chi connectivity index (χ2v) is 18.1. The normalized spacial score (nSPS) is 29.5. The first-order valence-electron chi connectivity index (χ1n) is 15.2. The number of aromatic nitrogens is 1. The smallest absolute Gasteiger partial charge is 0.309 e. The minimum atomic E-state index is -2.19. The van der Waals surface area contributed by atoms with Gasteiger partial charge in [-0.15, -0.1) is 11.3 Å². The molecule has 6 nitrogen and oxygen atoms in total. The summed E-state index contributed by atoms with van der Waals surface area (Å²) >= 11 is 1.59. The van der Waals surface area contributed by atoms with E-state index in [0.717, 1.165) is 40.0 Å².